The zero-order chi connectivity index (χ0) is 15.6. The van der Waals surface area contributed by atoms with Crippen molar-refractivity contribution in [2.45, 2.75) is 38.8 Å². The zero-order valence-electron chi connectivity index (χ0n) is 12.4. The molecule has 1 amide bonds. The number of carbonyl (C=O) groups is 1. The van der Waals surface area contributed by atoms with E-state index in [1.807, 2.05) is 6.07 Å². The number of carbonyl (C=O) groups excluding carboxylic acids is 1. The maximum atomic E-state index is 12.3. The normalized spacial score (nSPS) is 18.0. The first-order valence-electron chi connectivity index (χ1n) is 6.83. The number of nitro groups is 1. The van der Waals surface area contributed by atoms with Crippen molar-refractivity contribution in [1.29, 1.82) is 0 Å². The van der Waals surface area contributed by atoms with Gasteiger partial charge in [0.25, 0.3) is 0 Å². The molecule has 0 bridgehead atoms. The van der Waals surface area contributed by atoms with Crippen LogP contribution in [0.3, 0.4) is 0 Å². The highest BCUT2D eigenvalue weighted by molar-refractivity contribution is 5.69. The molecule has 7 heteroatoms. The third-order valence-corrected chi connectivity index (χ3v) is 3.19. The fraction of sp³-hybridized carbons (Fsp3) is 0.571. The third kappa shape index (κ3) is 3.68. The molecule has 7 nitrogen and oxygen atoms in total. The van der Waals surface area contributed by atoms with Crippen LogP contribution in [0, 0.1) is 10.1 Å². The summed E-state index contributed by atoms with van der Waals surface area (Å²) in [5, 5.41) is 10.9. The Hall–Kier alpha value is -2.18. The van der Waals surface area contributed by atoms with Crippen molar-refractivity contribution >= 4 is 6.09 Å². The van der Waals surface area contributed by atoms with Crippen molar-refractivity contribution in [2.24, 2.45) is 0 Å². The van der Waals surface area contributed by atoms with Crippen LogP contribution in [-0.2, 0) is 11.2 Å². The van der Waals surface area contributed by atoms with Crippen molar-refractivity contribution < 1.29 is 14.5 Å². The van der Waals surface area contributed by atoms with Crippen LogP contribution in [0.1, 0.15) is 38.1 Å². The van der Waals surface area contributed by atoms with Crippen LogP contribution in [0.5, 0.6) is 0 Å². The molecule has 0 saturated carbocycles. The Kier molecular flexibility index (Phi) is 4.11. The molecule has 0 N–H and O–H groups in total. The molecule has 1 aromatic heterocycles. The van der Waals surface area contributed by atoms with E-state index in [0.29, 0.717) is 18.7 Å². The van der Waals surface area contributed by atoms with Gasteiger partial charge in [-0.25, -0.2) is 4.79 Å². The van der Waals surface area contributed by atoms with Crippen molar-refractivity contribution in [3.8, 4) is 0 Å². The van der Waals surface area contributed by atoms with Crippen LogP contribution in [0.2, 0.25) is 0 Å². The average Bonchev–Trinajstić information content (AvgIpc) is 2.36. The van der Waals surface area contributed by atoms with E-state index in [4.69, 9.17) is 4.74 Å². The van der Waals surface area contributed by atoms with Gasteiger partial charge in [-0.15, -0.1) is 0 Å². The maximum absolute atomic E-state index is 12.3. The summed E-state index contributed by atoms with van der Waals surface area (Å²) in [6, 6.07) is 3.01. The second kappa shape index (κ2) is 5.67. The second-order valence-electron chi connectivity index (χ2n) is 6.00. The van der Waals surface area contributed by atoms with E-state index in [1.54, 1.807) is 33.0 Å². The molecule has 114 valence electrons. The monoisotopic (exact) mass is 293 g/mol. The zero-order valence-corrected chi connectivity index (χ0v) is 12.4. The highest BCUT2D eigenvalue weighted by atomic mass is 16.6. The molecule has 2 heterocycles. The lowest BCUT2D eigenvalue weighted by Gasteiger charge is -2.35. The van der Waals surface area contributed by atoms with Gasteiger partial charge in [0.05, 0.1) is 5.69 Å². The predicted molar refractivity (Wildman–Crippen MR) is 75.5 cm³/mol. The Balaban J connectivity index is 2.29. The van der Waals surface area contributed by atoms with Gasteiger partial charge in [-0.2, -0.15) is 0 Å². The molecule has 1 unspecified atom stereocenters. The number of hydrogen-bond acceptors (Lipinski definition) is 5. The van der Waals surface area contributed by atoms with E-state index >= 15 is 0 Å². The maximum Gasteiger partial charge on any atom is 0.411 e. The quantitative estimate of drug-likeness (QED) is 0.616. The molecule has 0 aromatic carbocycles. The smallest absolute Gasteiger partial charge is 0.411 e. The van der Waals surface area contributed by atoms with Crippen LogP contribution in [0.25, 0.3) is 0 Å². The fourth-order valence-electron chi connectivity index (χ4n) is 2.37. The van der Waals surface area contributed by atoms with Crippen LogP contribution >= 0.6 is 0 Å². The van der Waals surface area contributed by atoms with Crippen molar-refractivity contribution in [3.05, 3.63) is 39.7 Å². The molecule has 0 spiro atoms. The highest BCUT2D eigenvalue weighted by Crippen LogP contribution is 2.29. The van der Waals surface area contributed by atoms with E-state index in [9.17, 15) is 14.9 Å². The van der Waals surface area contributed by atoms with Gasteiger partial charge in [0.15, 0.2) is 0 Å². The minimum atomic E-state index is -0.681. The van der Waals surface area contributed by atoms with Gasteiger partial charge in [0, 0.05) is 17.7 Å². The van der Waals surface area contributed by atoms with Crippen LogP contribution < -0.4 is 0 Å². The molecule has 1 atom stereocenters. The highest BCUT2D eigenvalue weighted by Gasteiger charge is 2.37. The van der Waals surface area contributed by atoms with Gasteiger partial charge >= 0.3 is 6.09 Å². The van der Waals surface area contributed by atoms with Crippen LogP contribution in [0.15, 0.2) is 18.3 Å². The van der Waals surface area contributed by atoms with E-state index in [2.05, 4.69) is 4.98 Å². The Bertz CT molecular complexity index is 553. The number of ether oxygens (including phenoxy) is 1. The largest absolute Gasteiger partial charge is 0.444 e. The Morgan fingerprint density at radius 1 is 1.57 bits per heavy atom. The molecule has 0 saturated heterocycles. The summed E-state index contributed by atoms with van der Waals surface area (Å²) < 4.78 is 5.34. The summed E-state index contributed by atoms with van der Waals surface area (Å²) in [4.78, 5) is 28.4. The first-order valence-corrected chi connectivity index (χ1v) is 6.83. The lowest BCUT2D eigenvalue weighted by Crippen LogP contribution is -2.45. The number of amides is 1. The Morgan fingerprint density at radius 3 is 2.90 bits per heavy atom. The Labute approximate surface area is 123 Å². The van der Waals surface area contributed by atoms with E-state index in [-0.39, 0.29) is 6.54 Å². The minimum Gasteiger partial charge on any atom is -0.444 e. The number of fused-ring (bicyclic) bond motifs is 1. The molecule has 21 heavy (non-hydrogen) atoms. The van der Waals surface area contributed by atoms with Crippen LogP contribution in [-0.4, -0.2) is 39.6 Å². The lowest BCUT2D eigenvalue weighted by atomic mass is 9.98. The summed E-state index contributed by atoms with van der Waals surface area (Å²) in [5.74, 6) is 0. The lowest BCUT2D eigenvalue weighted by molar-refractivity contribution is -0.487. The van der Waals surface area contributed by atoms with Crippen molar-refractivity contribution in [1.82, 2.24) is 9.88 Å². The van der Waals surface area contributed by atoms with Crippen molar-refractivity contribution in [3.63, 3.8) is 0 Å². The number of pyridine rings is 1. The topological polar surface area (TPSA) is 85.6 Å². The summed E-state index contributed by atoms with van der Waals surface area (Å²) in [6.45, 7) is 5.33. The van der Waals surface area contributed by atoms with E-state index < -0.39 is 22.7 Å². The van der Waals surface area contributed by atoms with Gasteiger partial charge in [-0.1, -0.05) is 6.07 Å². The second-order valence-corrected chi connectivity index (χ2v) is 6.00. The van der Waals surface area contributed by atoms with Crippen molar-refractivity contribution in [2.75, 3.05) is 13.1 Å². The Morgan fingerprint density at radius 2 is 2.29 bits per heavy atom. The molecule has 0 aliphatic carbocycles. The van der Waals surface area contributed by atoms with Gasteiger partial charge in [0.1, 0.15) is 11.6 Å². The molecular weight excluding hydrogens is 274 g/mol. The van der Waals surface area contributed by atoms with Crippen LogP contribution in [0.4, 0.5) is 4.79 Å². The summed E-state index contributed by atoms with van der Waals surface area (Å²) >= 11 is 0. The third-order valence-electron chi connectivity index (χ3n) is 3.19. The van der Waals surface area contributed by atoms with Gasteiger partial charge in [-0.3, -0.25) is 20.0 Å². The molecule has 2 rings (SSSR count). The molecular formula is C14H19N3O4. The molecule has 0 fully saturated rings. The minimum absolute atomic E-state index is 0.372. The fourth-order valence-corrected chi connectivity index (χ4v) is 2.37. The number of aromatic nitrogens is 1. The first kappa shape index (κ1) is 15.2. The molecule has 1 aliphatic rings. The van der Waals surface area contributed by atoms with E-state index in [1.165, 1.54) is 4.90 Å². The van der Waals surface area contributed by atoms with Gasteiger partial charge < -0.3 is 4.74 Å². The SMILES string of the molecule is CC(C)(C)OC(=O)N1CCc2cccnc2C1C[N+](=O)[O-]. The molecule has 1 aromatic rings. The standard InChI is InChI=1S/C14H19N3O4/c1-14(2,3)21-13(18)16-8-6-10-5-4-7-15-12(10)11(16)9-17(19)20/h4-5,7,11H,6,8-9H2,1-3H3. The van der Waals surface area contributed by atoms with E-state index in [0.717, 1.165) is 5.56 Å². The summed E-state index contributed by atoms with van der Waals surface area (Å²) in [5.41, 5.74) is 0.899. The number of rotatable bonds is 2. The van der Waals surface area contributed by atoms with Gasteiger partial charge in [0.2, 0.25) is 6.54 Å². The average molecular weight is 293 g/mol. The molecule has 0 radical (unpaired) electrons. The first-order chi connectivity index (χ1) is 9.78. The summed E-state index contributed by atoms with van der Waals surface area (Å²) in [7, 11) is 0. The van der Waals surface area contributed by atoms with Gasteiger partial charge in [-0.05, 0) is 38.8 Å². The number of nitrogens with zero attached hydrogens (tertiary/aromatic N) is 3. The summed E-state index contributed by atoms with van der Waals surface area (Å²) in [6.07, 6.45) is 1.67. The molecule has 1 aliphatic heterocycles. The number of hydrogen-bond donors (Lipinski definition) is 0. The predicted octanol–water partition coefficient (Wildman–Crippen LogP) is 2.19.